The fraction of sp³-hybridized carbons (Fsp3) is 0.350. The number of ether oxygens (including phenoxy) is 1. The maximum atomic E-state index is 12.1. The fourth-order valence-corrected chi connectivity index (χ4v) is 3.25. The lowest BCUT2D eigenvalue weighted by molar-refractivity contribution is -0.274. The van der Waals surface area contributed by atoms with Crippen molar-refractivity contribution in [3.8, 4) is 5.75 Å². The van der Waals surface area contributed by atoms with Crippen LogP contribution in [0.2, 0.25) is 0 Å². The van der Waals surface area contributed by atoms with Gasteiger partial charge in [-0.05, 0) is 42.7 Å². The van der Waals surface area contributed by atoms with E-state index >= 15 is 0 Å². The van der Waals surface area contributed by atoms with Crippen LogP contribution in [0.5, 0.6) is 5.75 Å². The summed E-state index contributed by atoms with van der Waals surface area (Å²) < 4.78 is 40.2. The third-order valence-electron chi connectivity index (χ3n) is 4.86. The number of nitrogens with one attached hydrogen (secondary N) is 2. The number of hydrogen-bond donors (Lipinski definition) is 2. The number of hydrogen-bond acceptors (Lipinski definition) is 3. The highest BCUT2D eigenvalue weighted by Crippen LogP contribution is 2.43. The van der Waals surface area contributed by atoms with Gasteiger partial charge >= 0.3 is 6.36 Å². The smallest absolute Gasteiger partial charge is 0.406 e. The Labute approximate surface area is 155 Å². The van der Waals surface area contributed by atoms with Crippen molar-refractivity contribution in [3.05, 3.63) is 60.2 Å². The minimum absolute atomic E-state index is 0.00744. The summed E-state index contributed by atoms with van der Waals surface area (Å²) >= 11 is 0. The molecule has 0 spiro atoms. The molecule has 0 aliphatic heterocycles. The fourth-order valence-electron chi connectivity index (χ4n) is 3.25. The van der Waals surface area contributed by atoms with Crippen LogP contribution in [-0.4, -0.2) is 25.4 Å². The monoisotopic (exact) mass is 378 g/mol. The highest BCUT2D eigenvalue weighted by molar-refractivity contribution is 5.80. The topological polar surface area (TPSA) is 50.4 Å². The van der Waals surface area contributed by atoms with E-state index in [0.717, 1.165) is 19.3 Å². The van der Waals surface area contributed by atoms with Crippen molar-refractivity contribution in [2.75, 3.05) is 18.4 Å². The zero-order valence-corrected chi connectivity index (χ0v) is 14.7. The molecule has 2 N–H and O–H groups in total. The molecule has 4 nitrogen and oxygen atoms in total. The highest BCUT2D eigenvalue weighted by atomic mass is 19.4. The van der Waals surface area contributed by atoms with E-state index in [0.29, 0.717) is 12.2 Å². The lowest BCUT2D eigenvalue weighted by atomic mass is 9.64. The van der Waals surface area contributed by atoms with Gasteiger partial charge in [-0.3, -0.25) is 4.79 Å². The van der Waals surface area contributed by atoms with E-state index in [1.165, 1.54) is 29.8 Å². The van der Waals surface area contributed by atoms with E-state index in [4.69, 9.17) is 0 Å². The Balaban J connectivity index is 1.47. The highest BCUT2D eigenvalue weighted by Gasteiger charge is 2.38. The van der Waals surface area contributed by atoms with Crippen LogP contribution in [0.1, 0.15) is 24.8 Å². The van der Waals surface area contributed by atoms with Crippen molar-refractivity contribution in [1.82, 2.24) is 5.32 Å². The Bertz CT molecular complexity index is 757. The molecule has 1 amide bonds. The van der Waals surface area contributed by atoms with Crippen LogP contribution in [-0.2, 0) is 10.2 Å². The standard InChI is InChI=1S/C20H21F3N2O2/c21-20(22,23)27-17-9-7-16(8-10-17)24-13-18(26)25-14-19(11-4-12-19)15-5-2-1-3-6-15/h1-3,5-10,24H,4,11-14H2,(H,25,26). The normalized spacial score (nSPS) is 15.5. The number of amides is 1. The average molecular weight is 378 g/mol. The first-order valence-electron chi connectivity index (χ1n) is 8.78. The largest absolute Gasteiger partial charge is 0.573 e. The molecule has 0 atom stereocenters. The Kier molecular flexibility index (Phi) is 5.58. The summed E-state index contributed by atoms with van der Waals surface area (Å²) in [5.41, 5.74) is 1.79. The van der Waals surface area contributed by atoms with Gasteiger partial charge in [-0.2, -0.15) is 0 Å². The molecule has 0 unspecified atom stereocenters. The number of carbonyl (C=O) groups is 1. The van der Waals surface area contributed by atoms with Crippen molar-refractivity contribution < 1.29 is 22.7 Å². The van der Waals surface area contributed by atoms with Crippen LogP contribution in [0.25, 0.3) is 0 Å². The summed E-state index contributed by atoms with van der Waals surface area (Å²) in [6.07, 6.45) is -1.47. The molecule has 1 fully saturated rings. The third kappa shape index (κ3) is 5.15. The van der Waals surface area contributed by atoms with Crippen LogP contribution < -0.4 is 15.4 Å². The minimum atomic E-state index is -4.72. The van der Waals surface area contributed by atoms with Gasteiger partial charge in [0.1, 0.15) is 5.75 Å². The Morgan fingerprint density at radius 3 is 2.26 bits per heavy atom. The van der Waals surface area contributed by atoms with Crippen molar-refractivity contribution in [1.29, 1.82) is 0 Å². The van der Waals surface area contributed by atoms with Gasteiger partial charge in [0, 0.05) is 17.6 Å². The average Bonchev–Trinajstić information content (AvgIpc) is 2.60. The van der Waals surface area contributed by atoms with Gasteiger partial charge in [-0.15, -0.1) is 13.2 Å². The van der Waals surface area contributed by atoms with Gasteiger partial charge in [-0.1, -0.05) is 36.8 Å². The van der Waals surface area contributed by atoms with Crippen molar-refractivity contribution in [2.45, 2.75) is 31.0 Å². The Hall–Kier alpha value is -2.70. The summed E-state index contributed by atoms with van der Waals surface area (Å²) in [4.78, 5) is 12.1. The molecule has 2 aromatic rings. The predicted octanol–water partition coefficient (Wildman–Crippen LogP) is 4.24. The van der Waals surface area contributed by atoms with Gasteiger partial charge in [0.25, 0.3) is 0 Å². The molecular weight excluding hydrogens is 357 g/mol. The van der Waals surface area contributed by atoms with E-state index in [1.54, 1.807) is 0 Å². The summed E-state index contributed by atoms with van der Waals surface area (Å²) in [5, 5.41) is 5.86. The summed E-state index contributed by atoms with van der Waals surface area (Å²) in [6, 6.07) is 15.4. The molecule has 1 aliphatic carbocycles. The van der Waals surface area contributed by atoms with E-state index in [1.807, 2.05) is 18.2 Å². The molecule has 0 saturated heterocycles. The van der Waals surface area contributed by atoms with Crippen LogP contribution in [0.4, 0.5) is 18.9 Å². The van der Waals surface area contributed by atoms with Crippen LogP contribution in [0.3, 0.4) is 0 Å². The molecular formula is C20H21F3N2O2. The quantitative estimate of drug-likeness (QED) is 0.758. The lowest BCUT2D eigenvalue weighted by Gasteiger charge is -2.42. The first kappa shape index (κ1) is 19.1. The number of rotatable bonds is 7. The molecule has 3 rings (SSSR count). The SMILES string of the molecule is O=C(CNc1ccc(OC(F)(F)F)cc1)NCC1(c2ccccc2)CCC1. The maximum absolute atomic E-state index is 12.1. The molecule has 0 radical (unpaired) electrons. The molecule has 27 heavy (non-hydrogen) atoms. The van der Waals surface area contributed by atoms with Crippen molar-refractivity contribution in [3.63, 3.8) is 0 Å². The number of halogens is 3. The third-order valence-corrected chi connectivity index (χ3v) is 4.86. The molecule has 1 aliphatic rings. The molecule has 144 valence electrons. The first-order chi connectivity index (χ1) is 12.9. The second-order valence-corrected chi connectivity index (χ2v) is 6.70. The summed E-state index contributed by atoms with van der Waals surface area (Å²) in [7, 11) is 0. The van der Waals surface area contributed by atoms with Crippen LogP contribution in [0, 0.1) is 0 Å². The molecule has 0 bridgehead atoms. The van der Waals surface area contributed by atoms with Gasteiger partial charge in [0.2, 0.25) is 5.91 Å². The van der Waals surface area contributed by atoms with E-state index < -0.39 is 6.36 Å². The number of anilines is 1. The molecule has 1 saturated carbocycles. The van der Waals surface area contributed by atoms with E-state index in [2.05, 4.69) is 27.5 Å². The number of carbonyl (C=O) groups excluding carboxylic acids is 1. The van der Waals surface area contributed by atoms with Crippen LogP contribution in [0.15, 0.2) is 54.6 Å². The number of benzene rings is 2. The van der Waals surface area contributed by atoms with Gasteiger partial charge < -0.3 is 15.4 Å². The Morgan fingerprint density at radius 2 is 1.70 bits per heavy atom. The zero-order valence-electron chi connectivity index (χ0n) is 14.7. The van der Waals surface area contributed by atoms with Gasteiger partial charge in [0.05, 0.1) is 6.54 Å². The van der Waals surface area contributed by atoms with E-state index in [9.17, 15) is 18.0 Å². The van der Waals surface area contributed by atoms with Gasteiger partial charge in [0.15, 0.2) is 0 Å². The minimum Gasteiger partial charge on any atom is -0.406 e. The first-order valence-corrected chi connectivity index (χ1v) is 8.78. The summed E-state index contributed by atoms with van der Waals surface area (Å²) in [5.74, 6) is -0.458. The van der Waals surface area contributed by atoms with Crippen molar-refractivity contribution in [2.24, 2.45) is 0 Å². The Morgan fingerprint density at radius 1 is 1.04 bits per heavy atom. The summed E-state index contributed by atoms with van der Waals surface area (Å²) in [6.45, 7) is 0.625. The van der Waals surface area contributed by atoms with Crippen molar-refractivity contribution >= 4 is 11.6 Å². The second-order valence-electron chi connectivity index (χ2n) is 6.70. The lowest BCUT2D eigenvalue weighted by Crippen LogP contribution is -2.46. The van der Waals surface area contributed by atoms with Crippen LogP contribution >= 0.6 is 0 Å². The molecule has 0 aromatic heterocycles. The number of alkyl halides is 3. The van der Waals surface area contributed by atoms with Gasteiger partial charge in [-0.25, -0.2) is 0 Å². The predicted molar refractivity (Wildman–Crippen MR) is 96.6 cm³/mol. The molecule has 0 heterocycles. The molecule has 2 aromatic carbocycles. The maximum Gasteiger partial charge on any atom is 0.573 e. The van der Waals surface area contributed by atoms with E-state index in [-0.39, 0.29) is 23.6 Å². The molecule has 7 heteroatoms. The zero-order chi connectivity index (χ0) is 19.3. The second kappa shape index (κ2) is 7.90.